The minimum atomic E-state index is -2.98. The summed E-state index contributed by atoms with van der Waals surface area (Å²) in [4.78, 5) is 13.8. The Balaban J connectivity index is 2.54. The van der Waals surface area contributed by atoms with E-state index in [-0.39, 0.29) is 17.5 Å². The molecule has 1 rings (SSSR count). The van der Waals surface area contributed by atoms with Crippen molar-refractivity contribution in [1.29, 1.82) is 0 Å². The molecule has 0 saturated heterocycles. The maximum absolute atomic E-state index is 11.0. The van der Waals surface area contributed by atoms with Crippen LogP contribution in [-0.4, -0.2) is 36.4 Å². The number of nitrogens with one attached hydrogen (secondary N) is 1. The molecule has 0 aliphatic heterocycles. The van der Waals surface area contributed by atoms with Gasteiger partial charge in [-0.25, -0.2) is 13.4 Å². The molecule has 0 spiro atoms. The number of sulfone groups is 1. The zero-order chi connectivity index (χ0) is 13.8. The zero-order valence-corrected chi connectivity index (χ0v) is 11.0. The third kappa shape index (κ3) is 5.09. The third-order valence-electron chi connectivity index (χ3n) is 2.27. The van der Waals surface area contributed by atoms with E-state index in [1.165, 1.54) is 18.4 Å². The minimum absolute atomic E-state index is 0.0753. The van der Waals surface area contributed by atoms with Crippen molar-refractivity contribution in [2.24, 2.45) is 0 Å². The molecule has 18 heavy (non-hydrogen) atoms. The van der Waals surface area contributed by atoms with E-state index in [0.717, 1.165) is 6.20 Å². The fourth-order valence-electron chi connectivity index (χ4n) is 1.29. The van der Waals surface area contributed by atoms with Gasteiger partial charge in [-0.1, -0.05) is 0 Å². The van der Waals surface area contributed by atoms with Gasteiger partial charge in [0, 0.05) is 18.4 Å². The van der Waals surface area contributed by atoms with Crippen molar-refractivity contribution >= 4 is 21.3 Å². The predicted octanol–water partition coefficient (Wildman–Crippen LogP) is 1.22. The summed E-state index contributed by atoms with van der Waals surface area (Å²) in [6.45, 7) is 1.83. The first-order valence-corrected chi connectivity index (χ1v) is 7.38. The second-order valence-corrected chi connectivity index (χ2v) is 6.38. The first kappa shape index (κ1) is 14.4. The molecule has 7 nitrogen and oxygen atoms in total. The molecule has 1 N–H and O–H groups in total. The Kier molecular flexibility index (Phi) is 4.60. The molecule has 1 aromatic heterocycles. The van der Waals surface area contributed by atoms with E-state index < -0.39 is 14.8 Å². The SMILES string of the molecule is CC(CCS(C)(=O)=O)Nc1ccc([N+](=O)[O-])cn1. The van der Waals surface area contributed by atoms with Crippen molar-refractivity contribution in [3.05, 3.63) is 28.4 Å². The average molecular weight is 273 g/mol. The van der Waals surface area contributed by atoms with Crippen LogP contribution in [0.5, 0.6) is 0 Å². The lowest BCUT2D eigenvalue weighted by atomic mass is 10.2. The fourth-order valence-corrected chi connectivity index (χ4v) is 2.08. The van der Waals surface area contributed by atoms with E-state index in [1.54, 1.807) is 0 Å². The molecule has 0 aromatic carbocycles. The summed E-state index contributed by atoms with van der Waals surface area (Å²) in [7, 11) is -2.98. The van der Waals surface area contributed by atoms with Gasteiger partial charge in [0.1, 0.15) is 21.9 Å². The summed E-state index contributed by atoms with van der Waals surface area (Å²) in [6, 6.07) is 2.77. The molecule has 8 heteroatoms. The maximum Gasteiger partial charge on any atom is 0.287 e. The van der Waals surface area contributed by atoms with Crippen molar-refractivity contribution < 1.29 is 13.3 Å². The first-order valence-electron chi connectivity index (χ1n) is 5.32. The van der Waals surface area contributed by atoms with Crippen LogP contribution in [-0.2, 0) is 9.84 Å². The number of hydrogen-bond donors (Lipinski definition) is 1. The van der Waals surface area contributed by atoms with Crippen LogP contribution in [0.25, 0.3) is 0 Å². The molecule has 0 saturated carbocycles. The van der Waals surface area contributed by atoms with Gasteiger partial charge < -0.3 is 5.32 Å². The van der Waals surface area contributed by atoms with E-state index >= 15 is 0 Å². The van der Waals surface area contributed by atoms with Gasteiger partial charge in [0.15, 0.2) is 0 Å². The van der Waals surface area contributed by atoms with Gasteiger partial charge in [-0.15, -0.1) is 0 Å². The molecule has 1 atom stereocenters. The van der Waals surface area contributed by atoms with E-state index in [4.69, 9.17) is 0 Å². The molecule has 0 fully saturated rings. The largest absolute Gasteiger partial charge is 0.368 e. The molecule has 1 unspecified atom stereocenters. The Morgan fingerprint density at radius 1 is 1.50 bits per heavy atom. The normalized spacial score (nSPS) is 13.0. The summed E-state index contributed by atoms with van der Waals surface area (Å²) in [5.74, 6) is 0.579. The molecule has 0 amide bonds. The molecule has 1 aromatic rings. The van der Waals surface area contributed by atoms with Gasteiger partial charge in [0.25, 0.3) is 5.69 Å². The smallest absolute Gasteiger partial charge is 0.287 e. The summed E-state index contributed by atoms with van der Waals surface area (Å²) in [6.07, 6.45) is 2.80. The standard InChI is InChI=1S/C10H15N3O4S/c1-8(5-6-18(2,16)17)12-10-4-3-9(7-11-10)13(14)15/h3-4,7-8H,5-6H2,1-2H3,(H,11,12). The zero-order valence-electron chi connectivity index (χ0n) is 10.2. The van der Waals surface area contributed by atoms with Crippen LogP contribution < -0.4 is 5.32 Å². The Morgan fingerprint density at radius 2 is 2.17 bits per heavy atom. The van der Waals surface area contributed by atoms with Crippen molar-refractivity contribution in [3.8, 4) is 0 Å². The van der Waals surface area contributed by atoms with Crippen molar-refractivity contribution in [1.82, 2.24) is 4.98 Å². The lowest BCUT2D eigenvalue weighted by molar-refractivity contribution is -0.385. The van der Waals surface area contributed by atoms with E-state index in [0.29, 0.717) is 12.2 Å². The highest BCUT2D eigenvalue weighted by molar-refractivity contribution is 7.90. The van der Waals surface area contributed by atoms with Gasteiger partial charge in [0.05, 0.1) is 10.7 Å². The molecule has 0 aliphatic carbocycles. The second-order valence-electron chi connectivity index (χ2n) is 4.12. The molecule has 0 aliphatic rings. The Hall–Kier alpha value is -1.70. The fraction of sp³-hybridized carbons (Fsp3) is 0.500. The number of pyridine rings is 1. The number of rotatable bonds is 6. The predicted molar refractivity (Wildman–Crippen MR) is 68.3 cm³/mol. The third-order valence-corrected chi connectivity index (χ3v) is 3.25. The van der Waals surface area contributed by atoms with Crippen molar-refractivity contribution in [3.63, 3.8) is 0 Å². The van der Waals surface area contributed by atoms with Crippen LogP contribution in [0.2, 0.25) is 0 Å². The number of hydrogen-bond acceptors (Lipinski definition) is 6. The van der Waals surface area contributed by atoms with E-state index in [1.807, 2.05) is 6.92 Å². The Bertz CT molecular complexity index is 512. The molecule has 1 heterocycles. The van der Waals surface area contributed by atoms with Gasteiger partial charge in [0.2, 0.25) is 0 Å². The summed E-state index contributed by atoms with van der Waals surface area (Å²) < 4.78 is 22.0. The highest BCUT2D eigenvalue weighted by Crippen LogP contribution is 2.13. The Morgan fingerprint density at radius 3 is 2.61 bits per heavy atom. The van der Waals surface area contributed by atoms with Gasteiger partial charge in [-0.2, -0.15) is 0 Å². The topological polar surface area (TPSA) is 102 Å². The lowest BCUT2D eigenvalue weighted by Crippen LogP contribution is -2.20. The van der Waals surface area contributed by atoms with Crippen LogP contribution in [0.4, 0.5) is 11.5 Å². The lowest BCUT2D eigenvalue weighted by Gasteiger charge is -2.13. The van der Waals surface area contributed by atoms with Crippen LogP contribution in [0.3, 0.4) is 0 Å². The first-order chi connectivity index (χ1) is 8.28. The van der Waals surface area contributed by atoms with Crippen molar-refractivity contribution in [2.45, 2.75) is 19.4 Å². The summed E-state index contributed by atoms with van der Waals surface area (Å²) in [5, 5.41) is 13.4. The summed E-state index contributed by atoms with van der Waals surface area (Å²) in [5.41, 5.74) is -0.0793. The van der Waals surface area contributed by atoms with E-state index in [9.17, 15) is 18.5 Å². The maximum atomic E-state index is 11.0. The quantitative estimate of drug-likeness (QED) is 0.617. The molecule has 0 bridgehead atoms. The van der Waals surface area contributed by atoms with Crippen LogP contribution in [0.1, 0.15) is 13.3 Å². The van der Waals surface area contributed by atoms with E-state index in [2.05, 4.69) is 10.3 Å². The Labute approximate surface area is 105 Å². The van der Waals surface area contributed by atoms with Gasteiger partial charge >= 0.3 is 0 Å². The molecule has 100 valence electrons. The molecular formula is C10H15N3O4S. The highest BCUT2D eigenvalue weighted by Gasteiger charge is 2.09. The number of aromatic nitrogens is 1. The monoisotopic (exact) mass is 273 g/mol. The van der Waals surface area contributed by atoms with Gasteiger partial charge in [-0.3, -0.25) is 10.1 Å². The minimum Gasteiger partial charge on any atom is -0.368 e. The van der Waals surface area contributed by atoms with Crippen LogP contribution >= 0.6 is 0 Å². The van der Waals surface area contributed by atoms with Crippen LogP contribution in [0, 0.1) is 10.1 Å². The van der Waals surface area contributed by atoms with Gasteiger partial charge in [-0.05, 0) is 19.4 Å². The summed E-state index contributed by atoms with van der Waals surface area (Å²) >= 11 is 0. The second kappa shape index (κ2) is 5.76. The number of anilines is 1. The number of nitro groups is 1. The van der Waals surface area contributed by atoms with Crippen molar-refractivity contribution in [2.75, 3.05) is 17.3 Å². The molecule has 0 radical (unpaired) electrons. The average Bonchev–Trinajstić information content (AvgIpc) is 2.26. The van der Waals surface area contributed by atoms with Crippen LogP contribution in [0.15, 0.2) is 18.3 Å². The number of nitrogens with zero attached hydrogens (tertiary/aromatic N) is 2. The highest BCUT2D eigenvalue weighted by atomic mass is 32.2. The molecular weight excluding hydrogens is 258 g/mol.